The van der Waals surface area contributed by atoms with Crippen LogP contribution in [0.2, 0.25) is 0 Å². The summed E-state index contributed by atoms with van der Waals surface area (Å²) < 4.78 is 0. The molecule has 3 fully saturated rings. The van der Waals surface area contributed by atoms with Gasteiger partial charge >= 0.3 is 0 Å². The van der Waals surface area contributed by atoms with Gasteiger partial charge in [-0.2, -0.15) is 0 Å². The van der Waals surface area contributed by atoms with Crippen LogP contribution in [-0.4, -0.2) is 24.0 Å². The first-order chi connectivity index (χ1) is 9.28. The molecular weight excluding hydrogens is 248 g/mol. The molecule has 0 aromatic rings. The second-order valence-corrected chi connectivity index (χ2v) is 8.54. The minimum Gasteiger partial charge on any atom is -0.351 e. The molecule has 20 heavy (non-hydrogen) atoms. The summed E-state index contributed by atoms with van der Waals surface area (Å²) in [5.74, 6) is 1.01. The van der Waals surface area contributed by atoms with E-state index < -0.39 is 0 Å². The number of nitrogens with one attached hydrogen (secondary N) is 2. The van der Waals surface area contributed by atoms with Crippen molar-refractivity contribution in [1.82, 2.24) is 10.6 Å². The second kappa shape index (κ2) is 4.46. The Kier molecular flexibility index (Phi) is 3.20. The summed E-state index contributed by atoms with van der Waals surface area (Å²) in [6.45, 7) is 10.1. The van der Waals surface area contributed by atoms with Gasteiger partial charge in [0.25, 0.3) is 0 Å². The van der Waals surface area contributed by atoms with Crippen LogP contribution in [0.3, 0.4) is 0 Å². The van der Waals surface area contributed by atoms with Crippen molar-refractivity contribution < 1.29 is 4.79 Å². The van der Waals surface area contributed by atoms with Crippen molar-refractivity contribution in [2.24, 2.45) is 16.7 Å². The van der Waals surface area contributed by atoms with Gasteiger partial charge in [0.1, 0.15) is 0 Å². The Morgan fingerprint density at radius 1 is 1.15 bits per heavy atom. The van der Waals surface area contributed by atoms with E-state index in [2.05, 4.69) is 38.3 Å². The zero-order valence-corrected chi connectivity index (χ0v) is 13.5. The highest BCUT2D eigenvalue weighted by atomic mass is 16.2. The SMILES string of the molecule is CC1(C(=O)NC2C3(C)CCC(C3)C2(C)C)CCCCN1. The molecular formula is C17H30N2O. The highest BCUT2D eigenvalue weighted by Gasteiger charge is 2.60. The third-order valence-electron chi connectivity index (χ3n) is 6.67. The van der Waals surface area contributed by atoms with Crippen LogP contribution in [0.4, 0.5) is 0 Å². The summed E-state index contributed by atoms with van der Waals surface area (Å²) in [6.07, 6.45) is 7.21. The van der Waals surface area contributed by atoms with Crippen LogP contribution in [0.1, 0.15) is 66.2 Å². The van der Waals surface area contributed by atoms with Crippen molar-refractivity contribution in [3.63, 3.8) is 0 Å². The van der Waals surface area contributed by atoms with Crippen molar-refractivity contribution in [2.75, 3.05) is 6.54 Å². The van der Waals surface area contributed by atoms with Crippen LogP contribution in [0.5, 0.6) is 0 Å². The largest absolute Gasteiger partial charge is 0.351 e. The van der Waals surface area contributed by atoms with E-state index in [1.807, 2.05) is 0 Å². The quantitative estimate of drug-likeness (QED) is 0.815. The third-order valence-corrected chi connectivity index (χ3v) is 6.67. The molecule has 1 heterocycles. The minimum atomic E-state index is -0.355. The molecule has 1 amide bonds. The number of amides is 1. The Balaban J connectivity index is 1.75. The molecule has 3 rings (SSSR count). The van der Waals surface area contributed by atoms with E-state index >= 15 is 0 Å². The first kappa shape index (κ1) is 14.4. The van der Waals surface area contributed by atoms with Crippen molar-refractivity contribution in [3.05, 3.63) is 0 Å². The fourth-order valence-corrected chi connectivity index (χ4v) is 5.20. The Bertz CT molecular complexity index is 406. The van der Waals surface area contributed by atoms with Crippen molar-refractivity contribution in [3.8, 4) is 0 Å². The van der Waals surface area contributed by atoms with Gasteiger partial charge in [0, 0.05) is 6.04 Å². The number of fused-ring (bicyclic) bond motifs is 2. The van der Waals surface area contributed by atoms with Gasteiger partial charge < -0.3 is 10.6 Å². The van der Waals surface area contributed by atoms with Crippen LogP contribution in [-0.2, 0) is 4.79 Å². The number of hydrogen-bond acceptors (Lipinski definition) is 2. The molecule has 1 saturated heterocycles. The first-order valence-corrected chi connectivity index (χ1v) is 8.34. The lowest BCUT2D eigenvalue weighted by Crippen LogP contribution is -2.62. The van der Waals surface area contributed by atoms with E-state index in [4.69, 9.17) is 0 Å². The molecule has 1 aliphatic heterocycles. The number of carbonyl (C=O) groups is 1. The predicted octanol–water partition coefficient (Wildman–Crippen LogP) is 2.85. The zero-order valence-electron chi connectivity index (χ0n) is 13.5. The van der Waals surface area contributed by atoms with Crippen LogP contribution < -0.4 is 10.6 Å². The maximum absolute atomic E-state index is 12.8. The average Bonchev–Trinajstić information content (AvgIpc) is 2.86. The molecule has 0 spiro atoms. The van der Waals surface area contributed by atoms with E-state index in [9.17, 15) is 4.79 Å². The summed E-state index contributed by atoms with van der Waals surface area (Å²) in [5.41, 5.74) is 0.203. The summed E-state index contributed by atoms with van der Waals surface area (Å²) in [5, 5.41) is 6.89. The maximum Gasteiger partial charge on any atom is 0.240 e. The Morgan fingerprint density at radius 2 is 1.90 bits per heavy atom. The fraction of sp³-hybridized carbons (Fsp3) is 0.941. The second-order valence-electron chi connectivity index (χ2n) is 8.54. The lowest BCUT2D eigenvalue weighted by Gasteiger charge is -2.45. The summed E-state index contributed by atoms with van der Waals surface area (Å²) >= 11 is 0. The molecule has 0 aromatic carbocycles. The molecule has 3 heteroatoms. The number of piperidine rings is 1. The molecule has 4 unspecified atom stereocenters. The van der Waals surface area contributed by atoms with Crippen LogP contribution >= 0.6 is 0 Å². The number of carbonyl (C=O) groups excluding carboxylic acids is 1. The Hall–Kier alpha value is -0.570. The average molecular weight is 278 g/mol. The van der Waals surface area contributed by atoms with Crippen molar-refractivity contribution >= 4 is 5.91 Å². The van der Waals surface area contributed by atoms with E-state index in [0.717, 1.165) is 25.3 Å². The van der Waals surface area contributed by atoms with E-state index in [0.29, 0.717) is 11.5 Å². The number of rotatable bonds is 2. The maximum atomic E-state index is 12.8. The van der Waals surface area contributed by atoms with Gasteiger partial charge in [-0.25, -0.2) is 0 Å². The molecule has 2 bridgehead atoms. The van der Waals surface area contributed by atoms with E-state index in [1.165, 1.54) is 25.7 Å². The third kappa shape index (κ3) is 2.01. The van der Waals surface area contributed by atoms with Crippen LogP contribution in [0.25, 0.3) is 0 Å². The smallest absolute Gasteiger partial charge is 0.240 e. The Morgan fingerprint density at radius 3 is 2.45 bits per heavy atom. The molecule has 3 aliphatic rings. The van der Waals surface area contributed by atoms with Crippen molar-refractivity contribution in [2.45, 2.75) is 77.8 Å². The Labute approximate surface area is 123 Å². The molecule has 114 valence electrons. The van der Waals surface area contributed by atoms with Gasteiger partial charge in [0.2, 0.25) is 5.91 Å². The molecule has 0 radical (unpaired) electrons. The van der Waals surface area contributed by atoms with Gasteiger partial charge in [-0.1, -0.05) is 20.8 Å². The lowest BCUT2D eigenvalue weighted by atomic mass is 9.68. The van der Waals surface area contributed by atoms with E-state index in [1.54, 1.807) is 0 Å². The van der Waals surface area contributed by atoms with Crippen LogP contribution in [0.15, 0.2) is 0 Å². The molecule has 3 nitrogen and oxygen atoms in total. The topological polar surface area (TPSA) is 41.1 Å². The normalized spacial score (nSPS) is 46.4. The zero-order chi connectivity index (χ0) is 14.6. The first-order valence-electron chi connectivity index (χ1n) is 8.34. The summed E-state index contributed by atoms with van der Waals surface area (Å²) in [7, 11) is 0. The minimum absolute atomic E-state index is 0.226. The highest BCUT2D eigenvalue weighted by Crippen LogP contribution is 2.62. The lowest BCUT2D eigenvalue weighted by molar-refractivity contribution is -0.130. The standard InChI is InChI=1S/C17H30N2O/c1-15(2)12-7-9-16(3,11-12)13(15)19-14(20)17(4)8-5-6-10-18-17/h12-13,18H,5-11H2,1-4H3,(H,19,20). The molecule has 0 aromatic heterocycles. The monoisotopic (exact) mass is 278 g/mol. The van der Waals surface area contributed by atoms with Crippen LogP contribution in [0, 0.1) is 16.7 Å². The molecule has 4 atom stereocenters. The highest BCUT2D eigenvalue weighted by molar-refractivity contribution is 5.86. The van der Waals surface area contributed by atoms with Crippen molar-refractivity contribution in [1.29, 1.82) is 0 Å². The molecule has 2 saturated carbocycles. The van der Waals surface area contributed by atoms with Gasteiger partial charge in [0.15, 0.2) is 0 Å². The molecule has 2 aliphatic carbocycles. The number of hydrogen-bond donors (Lipinski definition) is 2. The predicted molar refractivity (Wildman–Crippen MR) is 81.4 cm³/mol. The molecule has 2 N–H and O–H groups in total. The van der Waals surface area contributed by atoms with Gasteiger partial charge in [-0.05, 0) is 68.7 Å². The van der Waals surface area contributed by atoms with Gasteiger partial charge in [0.05, 0.1) is 5.54 Å². The summed E-state index contributed by atoms with van der Waals surface area (Å²) in [4.78, 5) is 12.8. The summed E-state index contributed by atoms with van der Waals surface area (Å²) in [6, 6.07) is 0.335. The fourth-order valence-electron chi connectivity index (χ4n) is 5.20. The van der Waals surface area contributed by atoms with E-state index in [-0.39, 0.29) is 16.9 Å². The van der Waals surface area contributed by atoms with Gasteiger partial charge in [-0.15, -0.1) is 0 Å². The van der Waals surface area contributed by atoms with Gasteiger partial charge in [-0.3, -0.25) is 4.79 Å².